The molecule has 0 N–H and O–H groups in total. The van der Waals surface area contributed by atoms with Crippen molar-refractivity contribution in [1.82, 2.24) is 0 Å². The molecule has 34 heavy (non-hydrogen) atoms. The second kappa shape index (κ2) is 22.0. The third kappa shape index (κ3) is 26.4. The van der Waals surface area contributed by atoms with Gasteiger partial charge >= 0.3 is 0 Å². The Kier molecular flexibility index (Phi) is 21.9. The van der Waals surface area contributed by atoms with Gasteiger partial charge in [0.2, 0.25) is 0 Å². The van der Waals surface area contributed by atoms with Crippen LogP contribution < -0.4 is 4.89 Å². The summed E-state index contributed by atoms with van der Waals surface area (Å²) in [5, 5.41) is 0. The second-order valence-electron chi connectivity index (χ2n) is 11.0. The Balaban J connectivity index is 3.38. The number of unbranched alkanes of at least 4 members (excludes halogenated alkanes) is 16. The first-order chi connectivity index (χ1) is 16.2. The summed E-state index contributed by atoms with van der Waals surface area (Å²) in [6.07, 6.45) is 27.3. The zero-order chi connectivity index (χ0) is 25.5. The van der Waals surface area contributed by atoms with Crippen molar-refractivity contribution in [1.29, 1.82) is 0 Å². The van der Waals surface area contributed by atoms with E-state index in [0.717, 1.165) is 19.3 Å². The van der Waals surface area contributed by atoms with Crippen LogP contribution in [0.25, 0.3) is 0 Å². The van der Waals surface area contributed by atoms with Gasteiger partial charge in [0.1, 0.15) is 12.6 Å². The minimum Gasteiger partial charge on any atom is -0.756 e. The number of hydrogen-bond donors (Lipinski definition) is 0. The summed E-state index contributed by atoms with van der Waals surface area (Å²) >= 11 is 0. The van der Waals surface area contributed by atoms with Crippen LogP contribution >= 0.6 is 7.82 Å². The number of phosphoric acid groups is 1. The fourth-order valence-corrected chi connectivity index (χ4v) is 5.21. The van der Waals surface area contributed by atoms with Crippen molar-refractivity contribution in [2.24, 2.45) is 0 Å². The molecule has 0 aromatic rings. The van der Waals surface area contributed by atoms with Crippen molar-refractivity contribution in [2.75, 3.05) is 34.3 Å². The van der Waals surface area contributed by atoms with Crippen LogP contribution in [0.3, 0.4) is 0 Å². The lowest BCUT2D eigenvalue weighted by molar-refractivity contribution is -0.873. The lowest BCUT2D eigenvalue weighted by Gasteiger charge is -2.31. The largest absolute Gasteiger partial charge is 0.756 e. The van der Waals surface area contributed by atoms with E-state index in [2.05, 4.69) is 19.1 Å². The normalized spacial score (nSPS) is 15.1. The quantitative estimate of drug-likeness (QED) is 0.0545. The number of nitrogens with zero attached hydrogens (tertiary/aromatic N) is 1. The zero-order valence-corrected chi connectivity index (χ0v) is 24.3. The summed E-state index contributed by atoms with van der Waals surface area (Å²) in [6, 6.07) is 0. The molecular formula is C28H58NO4P. The van der Waals surface area contributed by atoms with E-state index >= 15 is 0 Å². The first kappa shape index (κ1) is 33.8. The lowest BCUT2D eigenvalue weighted by Crippen LogP contribution is -2.41. The van der Waals surface area contributed by atoms with Gasteiger partial charge in [0.15, 0.2) is 0 Å². The van der Waals surface area contributed by atoms with Crippen molar-refractivity contribution < 1.29 is 23.0 Å². The molecule has 2 unspecified atom stereocenters. The standard InChI is InChI=1S/C28H58NO4P/c1-6-7-8-9-10-11-12-13-14-15-16-17-18-19-20-21-22-23-24-25-26-32-34(30,31)33-28(2)27-29(3,4)5/h13-14,28H,6-12,15-27H2,1-5H3/b14-13-. The molecule has 2 atom stereocenters. The van der Waals surface area contributed by atoms with Crippen LogP contribution in [0.5, 0.6) is 0 Å². The maximum atomic E-state index is 11.9. The molecule has 0 aromatic carbocycles. The van der Waals surface area contributed by atoms with Crippen molar-refractivity contribution in [2.45, 2.75) is 136 Å². The molecule has 5 nitrogen and oxygen atoms in total. The molecule has 0 fully saturated rings. The Labute approximate surface area is 212 Å². The Morgan fingerprint density at radius 2 is 1.15 bits per heavy atom. The van der Waals surface area contributed by atoms with E-state index in [1.54, 1.807) is 6.92 Å². The van der Waals surface area contributed by atoms with Gasteiger partial charge in [-0.25, -0.2) is 0 Å². The highest BCUT2D eigenvalue weighted by atomic mass is 31.2. The molecule has 0 aromatic heterocycles. The van der Waals surface area contributed by atoms with Gasteiger partial charge in [0.05, 0.1) is 27.7 Å². The highest BCUT2D eigenvalue weighted by molar-refractivity contribution is 7.45. The molecule has 0 saturated carbocycles. The van der Waals surface area contributed by atoms with Crippen molar-refractivity contribution >= 4 is 7.82 Å². The number of hydrogen-bond acceptors (Lipinski definition) is 4. The van der Waals surface area contributed by atoms with Crippen LogP contribution in [0, 0.1) is 0 Å². The van der Waals surface area contributed by atoms with Gasteiger partial charge < -0.3 is 18.4 Å². The minimum absolute atomic E-state index is 0.227. The molecule has 0 bridgehead atoms. The van der Waals surface area contributed by atoms with Gasteiger partial charge in [0, 0.05) is 0 Å². The van der Waals surface area contributed by atoms with E-state index in [1.807, 2.05) is 21.1 Å². The molecule has 0 amide bonds. The topological polar surface area (TPSA) is 58.6 Å². The molecule has 0 rings (SSSR count). The maximum absolute atomic E-state index is 11.9. The molecule has 0 radical (unpaired) electrons. The molecule has 0 aliphatic rings. The van der Waals surface area contributed by atoms with Gasteiger partial charge in [-0.15, -0.1) is 0 Å². The Hall–Kier alpha value is -0.190. The summed E-state index contributed by atoms with van der Waals surface area (Å²) in [5.41, 5.74) is 0. The summed E-state index contributed by atoms with van der Waals surface area (Å²) < 4.78 is 22.7. The Bertz CT molecular complexity index is 519. The predicted molar refractivity (Wildman–Crippen MR) is 145 cm³/mol. The van der Waals surface area contributed by atoms with E-state index in [9.17, 15) is 9.46 Å². The van der Waals surface area contributed by atoms with Crippen LogP contribution in [0.4, 0.5) is 0 Å². The fourth-order valence-electron chi connectivity index (χ4n) is 4.29. The van der Waals surface area contributed by atoms with Crippen LogP contribution in [-0.4, -0.2) is 44.9 Å². The molecule has 0 heterocycles. The van der Waals surface area contributed by atoms with Crippen molar-refractivity contribution in [3.63, 3.8) is 0 Å². The molecule has 0 aliphatic heterocycles. The first-order valence-corrected chi connectivity index (χ1v) is 15.7. The van der Waals surface area contributed by atoms with Gasteiger partial charge in [-0.1, -0.05) is 103 Å². The zero-order valence-electron chi connectivity index (χ0n) is 23.4. The Morgan fingerprint density at radius 1 is 0.735 bits per heavy atom. The van der Waals surface area contributed by atoms with E-state index < -0.39 is 7.82 Å². The molecule has 6 heteroatoms. The summed E-state index contributed by atoms with van der Waals surface area (Å²) in [4.78, 5) is 11.9. The monoisotopic (exact) mass is 503 g/mol. The summed E-state index contributed by atoms with van der Waals surface area (Å²) in [7, 11) is 1.83. The summed E-state index contributed by atoms with van der Waals surface area (Å²) in [5.74, 6) is 0. The SMILES string of the molecule is CCCCCCCC/C=C\CCCCCCCCCCCCOP(=O)([O-])OC(C)C[N+](C)(C)C. The molecule has 204 valence electrons. The van der Waals surface area contributed by atoms with Crippen molar-refractivity contribution in [3.8, 4) is 0 Å². The third-order valence-corrected chi connectivity index (χ3v) is 7.14. The van der Waals surface area contributed by atoms with Crippen LogP contribution in [-0.2, 0) is 13.6 Å². The van der Waals surface area contributed by atoms with Crippen LogP contribution in [0.2, 0.25) is 0 Å². The number of likely N-dealkylation sites (N-methyl/N-ethyl adjacent to an activating group) is 1. The molecule has 0 spiro atoms. The van der Waals surface area contributed by atoms with E-state index in [4.69, 9.17) is 9.05 Å². The molecular weight excluding hydrogens is 445 g/mol. The van der Waals surface area contributed by atoms with E-state index in [1.165, 1.54) is 96.3 Å². The van der Waals surface area contributed by atoms with Crippen molar-refractivity contribution in [3.05, 3.63) is 12.2 Å². The smallest absolute Gasteiger partial charge is 0.268 e. The second-order valence-corrected chi connectivity index (χ2v) is 12.4. The molecule has 0 aliphatic carbocycles. The minimum atomic E-state index is -4.19. The van der Waals surface area contributed by atoms with E-state index in [0.29, 0.717) is 11.0 Å². The number of allylic oxidation sites excluding steroid dienone is 2. The highest BCUT2D eigenvalue weighted by Crippen LogP contribution is 2.40. The number of rotatable bonds is 25. The van der Waals surface area contributed by atoms with Gasteiger partial charge in [-0.05, 0) is 39.0 Å². The fraction of sp³-hybridized carbons (Fsp3) is 0.929. The van der Waals surface area contributed by atoms with E-state index in [-0.39, 0.29) is 12.7 Å². The maximum Gasteiger partial charge on any atom is 0.268 e. The third-order valence-electron chi connectivity index (χ3n) is 6.02. The van der Waals surface area contributed by atoms with Crippen LogP contribution in [0.15, 0.2) is 12.2 Å². The molecule has 0 saturated heterocycles. The van der Waals surface area contributed by atoms with Crippen LogP contribution in [0.1, 0.15) is 129 Å². The lowest BCUT2D eigenvalue weighted by atomic mass is 10.1. The first-order valence-electron chi connectivity index (χ1n) is 14.3. The van der Waals surface area contributed by atoms with Gasteiger partial charge in [-0.3, -0.25) is 4.57 Å². The van der Waals surface area contributed by atoms with Gasteiger partial charge in [-0.2, -0.15) is 0 Å². The average molecular weight is 504 g/mol. The van der Waals surface area contributed by atoms with Gasteiger partial charge in [0.25, 0.3) is 7.82 Å². The summed E-state index contributed by atoms with van der Waals surface area (Å²) in [6.45, 7) is 4.89. The number of quaternary nitrogens is 1. The average Bonchev–Trinajstić information content (AvgIpc) is 2.73. The predicted octanol–water partition coefficient (Wildman–Crippen LogP) is 8.18. The Morgan fingerprint density at radius 3 is 1.59 bits per heavy atom. The number of phosphoric ester groups is 1. The highest BCUT2D eigenvalue weighted by Gasteiger charge is 2.20.